The van der Waals surface area contributed by atoms with Crippen molar-refractivity contribution in [2.45, 2.75) is 17.4 Å². The number of nitrogens with zero attached hydrogens (tertiary/aromatic N) is 1. The Morgan fingerprint density at radius 2 is 2.05 bits per heavy atom. The summed E-state index contributed by atoms with van der Waals surface area (Å²) >= 11 is 11.6. The summed E-state index contributed by atoms with van der Waals surface area (Å²) in [6, 6.07) is 1.88. The maximum absolute atomic E-state index is 12.4. The van der Waals surface area contributed by atoms with Crippen LogP contribution >= 0.6 is 23.2 Å². The second-order valence-corrected chi connectivity index (χ2v) is 7.43. The Hall–Kier alpha value is -0.860. The first-order chi connectivity index (χ1) is 9.70. The molecule has 1 atom stereocenters. The number of halogens is 2. The maximum atomic E-state index is 12.4. The fourth-order valence-corrected chi connectivity index (χ4v) is 4.33. The Morgan fingerprint density at radius 3 is 2.57 bits per heavy atom. The van der Waals surface area contributed by atoms with Gasteiger partial charge in [-0.3, -0.25) is 0 Å². The average molecular weight is 353 g/mol. The van der Waals surface area contributed by atoms with Crippen LogP contribution in [0.1, 0.15) is 16.8 Å². The molecule has 6 nitrogen and oxygen atoms in total. The lowest BCUT2D eigenvalue weighted by Crippen LogP contribution is -2.36. The van der Waals surface area contributed by atoms with Crippen LogP contribution in [0.2, 0.25) is 10.0 Å². The first kappa shape index (κ1) is 16.5. The van der Waals surface area contributed by atoms with Crippen molar-refractivity contribution in [1.29, 1.82) is 0 Å². The minimum Gasteiger partial charge on any atom is -0.478 e. The number of carbonyl (C=O) groups is 1. The summed E-state index contributed by atoms with van der Waals surface area (Å²) in [4.78, 5) is 12.8. The van der Waals surface area contributed by atoms with E-state index in [4.69, 9.17) is 28.3 Å². The standard InChI is InChI=1S/C12H14Cl2N2O4S/c1-16-3-2-7(6-16)15-21(19,20)11-4-8(12(17)18)9(13)5-10(11)14/h4-5,7,15H,2-3,6H2,1H3,(H,17,18). The van der Waals surface area contributed by atoms with Gasteiger partial charge in [0.15, 0.2) is 0 Å². The van der Waals surface area contributed by atoms with E-state index >= 15 is 0 Å². The number of likely N-dealkylation sites (N-methyl/N-ethyl adjacent to an activating group) is 1. The Balaban J connectivity index is 2.35. The van der Waals surface area contributed by atoms with Gasteiger partial charge in [0.25, 0.3) is 0 Å². The van der Waals surface area contributed by atoms with Crippen LogP contribution in [0.5, 0.6) is 0 Å². The summed E-state index contributed by atoms with van der Waals surface area (Å²) in [6.45, 7) is 1.39. The Morgan fingerprint density at radius 1 is 1.38 bits per heavy atom. The van der Waals surface area contributed by atoms with E-state index in [1.54, 1.807) is 0 Å². The Kier molecular flexibility index (Phi) is 4.79. The zero-order valence-corrected chi connectivity index (χ0v) is 13.5. The van der Waals surface area contributed by atoms with Crippen molar-refractivity contribution in [1.82, 2.24) is 9.62 Å². The van der Waals surface area contributed by atoms with Gasteiger partial charge in [-0.2, -0.15) is 0 Å². The highest BCUT2D eigenvalue weighted by atomic mass is 35.5. The van der Waals surface area contributed by atoms with Crippen molar-refractivity contribution >= 4 is 39.2 Å². The van der Waals surface area contributed by atoms with Gasteiger partial charge < -0.3 is 10.0 Å². The number of nitrogens with one attached hydrogen (secondary N) is 1. The largest absolute Gasteiger partial charge is 0.478 e. The summed E-state index contributed by atoms with van der Waals surface area (Å²) in [7, 11) is -2.01. The molecular formula is C12H14Cl2N2O4S. The number of carboxylic acids is 1. The summed E-state index contributed by atoms with van der Waals surface area (Å²) in [5, 5.41) is 8.80. The molecule has 1 aromatic rings. The van der Waals surface area contributed by atoms with E-state index in [1.165, 1.54) is 0 Å². The third-order valence-corrected chi connectivity index (χ3v) is 5.55. The molecule has 1 aliphatic rings. The zero-order valence-electron chi connectivity index (χ0n) is 11.1. The average Bonchev–Trinajstić information content (AvgIpc) is 2.72. The first-order valence-corrected chi connectivity index (χ1v) is 8.38. The van der Waals surface area contributed by atoms with E-state index < -0.39 is 16.0 Å². The van der Waals surface area contributed by atoms with Gasteiger partial charge >= 0.3 is 5.97 Å². The number of benzene rings is 1. The molecule has 1 unspecified atom stereocenters. The molecule has 21 heavy (non-hydrogen) atoms. The van der Waals surface area contributed by atoms with Crippen LogP contribution in [0.25, 0.3) is 0 Å². The van der Waals surface area contributed by atoms with E-state index in [1.807, 2.05) is 11.9 Å². The number of likely N-dealkylation sites (tertiary alicyclic amines) is 1. The van der Waals surface area contributed by atoms with E-state index in [0.29, 0.717) is 13.0 Å². The molecule has 9 heteroatoms. The molecule has 2 N–H and O–H groups in total. The Bertz CT molecular complexity index is 678. The highest BCUT2D eigenvalue weighted by Gasteiger charge is 2.28. The molecule has 1 heterocycles. The van der Waals surface area contributed by atoms with E-state index in [0.717, 1.165) is 18.7 Å². The second kappa shape index (κ2) is 6.10. The third-order valence-electron chi connectivity index (χ3n) is 3.25. The van der Waals surface area contributed by atoms with Crippen molar-refractivity contribution in [2.75, 3.05) is 20.1 Å². The lowest BCUT2D eigenvalue weighted by atomic mass is 10.2. The molecule has 0 amide bonds. The molecule has 116 valence electrons. The van der Waals surface area contributed by atoms with Gasteiger partial charge in [-0.25, -0.2) is 17.9 Å². The third kappa shape index (κ3) is 3.67. The Labute approximate surface area is 132 Å². The smallest absolute Gasteiger partial charge is 0.337 e. The summed E-state index contributed by atoms with van der Waals surface area (Å²) in [5.41, 5.74) is -0.301. The highest BCUT2D eigenvalue weighted by molar-refractivity contribution is 7.89. The fourth-order valence-electron chi connectivity index (χ4n) is 2.21. The number of rotatable bonds is 4. The molecule has 0 aromatic heterocycles. The minimum absolute atomic E-state index is 0.105. The monoisotopic (exact) mass is 352 g/mol. The lowest BCUT2D eigenvalue weighted by Gasteiger charge is -2.15. The molecule has 0 saturated carbocycles. The predicted octanol–water partition coefficient (Wildman–Crippen LogP) is 1.67. The molecular weight excluding hydrogens is 339 g/mol. The molecule has 0 spiro atoms. The number of hydrogen-bond acceptors (Lipinski definition) is 4. The first-order valence-electron chi connectivity index (χ1n) is 6.14. The van der Waals surface area contributed by atoms with Gasteiger partial charge in [0, 0.05) is 12.6 Å². The van der Waals surface area contributed by atoms with Crippen LogP contribution in [0.3, 0.4) is 0 Å². The van der Waals surface area contributed by atoms with Gasteiger partial charge in [-0.15, -0.1) is 0 Å². The maximum Gasteiger partial charge on any atom is 0.337 e. The van der Waals surface area contributed by atoms with Gasteiger partial charge in [0.1, 0.15) is 4.90 Å². The fraction of sp³-hybridized carbons (Fsp3) is 0.417. The number of carboxylic acid groups (broad SMARTS) is 1. The van der Waals surface area contributed by atoms with Crippen LogP contribution in [-0.4, -0.2) is 50.6 Å². The van der Waals surface area contributed by atoms with Crippen LogP contribution in [-0.2, 0) is 10.0 Å². The van der Waals surface area contributed by atoms with E-state index in [2.05, 4.69) is 4.72 Å². The number of aromatic carboxylic acids is 1. The normalized spacial score (nSPS) is 19.9. The van der Waals surface area contributed by atoms with Crippen molar-refractivity contribution < 1.29 is 18.3 Å². The molecule has 1 aromatic carbocycles. The van der Waals surface area contributed by atoms with Gasteiger partial charge in [0.05, 0.1) is 15.6 Å². The summed E-state index contributed by atoms with van der Waals surface area (Å²) < 4.78 is 27.2. The van der Waals surface area contributed by atoms with Gasteiger partial charge in [0.2, 0.25) is 10.0 Å². The summed E-state index contributed by atoms with van der Waals surface area (Å²) in [5.74, 6) is -1.31. The number of sulfonamides is 1. The van der Waals surface area contributed by atoms with Crippen LogP contribution in [0.15, 0.2) is 17.0 Å². The SMILES string of the molecule is CN1CCC(NS(=O)(=O)c2cc(C(=O)O)c(Cl)cc2Cl)C1. The highest BCUT2D eigenvalue weighted by Crippen LogP contribution is 2.29. The van der Waals surface area contributed by atoms with Crippen molar-refractivity contribution in [2.24, 2.45) is 0 Å². The van der Waals surface area contributed by atoms with Gasteiger partial charge in [-0.05, 0) is 32.1 Å². The zero-order chi connectivity index (χ0) is 15.8. The van der Waals surface area contributed by atoms with Gasteiger partial charge in [-0.1, -0.05) is 23.2 Å². The van der Waals surface area contributed by atoms with Crippen molar-refractivity contribution in [3.05, 3.63) is 27.7 Å². The van der Waals surface area contributed by atoms with Crippen molar-refractivity contribution in [3.63, 3.8) is 0 Å². The number of hydrogen-bond donors (Lipinski definition) is 2. The minimum atomic E-state index is -3.90. The quantitative estimate of drug-likeness (QED) is 0.860. The molecule has 0 radical (unpaired) electrons. The molecule has 1 fully saturated rings. The van der Waals surface area contributed by atoms with Crippen LogP contribution in [0, 0.1) is 0 Å². The molecule has 2 rings (SSSR count). The molecule has 0 bridgehead atoms. The second-order valence-electron chi connectivity index (χ2n) is 4.94. The van der Waals surface area contributed by atoms with E-state index in [9.17, 15) is 13.2 Å². The van der Waals surface area contributed by atoms with E-state index in [-0.39, 0.29) is 26.5 Å². The molecule has 1 aliphatic heterocycles. The topological polar surface area (TPSA) is 86.7 Å². The molecule has 0 aliphatic carbocycles. The summed E-state index contributed by atoms with van der Waals surface area (Å²) in [6.07, 6.45) is 0.687. The predicted molar refractivity (Wildman–Crippen MR) is 79.6 cm³/mol. The van der Waals surface area contributed by atoms with Crippen LogP contribution < -0.4 is 4.72 Å². The molecule has 1 saturated heterocycles. The van der Waals surface area contributed by atoms with Crippen molar-refractivity contribution in [3.8, 4) is 0 Å². The lowest BCUT2D eigenvalue weighted by molar-refractivity contribution is 0.0697. The van der Waals surface area contributed by atoms with Crippen LogP contribution in [0.4, 0.5) is 0 Å².